The third kappa shape index (κ3) is 3.84. The van der Waals surface area contributed by atoms with Crippen molar-refractivity contribution < 1.29 is 9.90 Å². The summed E-state index contributed by atoms with van der Waals surface area (Å²) in [6.07, 6.45) is 1.19. The molecule has 1 aromatic carbocycles. The Bertz CT molecular complexity index is 566. The number of rotatable bonds is 5. The average Bonchev–Trinajstić information content (AvgIpc) is 2.90. The van der Waals surface area contributed by atoms with Crippen LogP contribution >= 0.6 is 11.3 Å². The number of thiophene rings is 1. The maximum Gasteiger partial charge on any atom is 0.226 e. The number of aromatic hydroxyl groups is 1. The summed E-state index contributed by atoms with van der Waals surface area (Å²) in [7, 11) is 1.84. The van der Waals surface area contributed by atoms with Gasteiger partial charge in [-0.2, -0.15) is 11.3 Å². The molecule has 0 unspecified atom stereocenters. The van der Waals surface area contributed by atoms with Crippen molar-refractivity contribution in [1.29, 1.82) is 0 Å². The first-order valence-electron chi connectivity index (χ1n) is 6.61. The number of amides is 1. The third-order valence-corrected chi connectivity index (χ3v) is 4.16. The molecule has 0 saturated carbocycles. The monoisotopic (exact) mass is 289 g/mol. The number of benzene rings is 1. The number of carbonyl (C=O) groups is 1. The lowest BCUT2D eigenvalue weighted by atomic mass is 10.1. The minimum atomic E-state index is 0.0679. The predicted octanol–water partition coefficient (Wildman–Crippen LogP) is 3.09. The number of nitrogens with zero attached hydrogens (tertiary/aromatic N) is 1. The summed E-state index contributed by atoms with van der Waals surface area (Å²) in [5.41, 5.74) is 2.10. The van der Waals surface area contributed by atoms with Crippen LogP contribution < -0.4 is 0 Å². The van der Waals surface area contributed by atoms with Crippen LogP contribution in [0.4, 0.5) is 0 Å². The van der Waals surface area contributed by atoms with Gasteiger partial charge in [0.15, 0.2) is 0 Å². The number of carbonyl (C=O) groups excluding carboxylic acids is 1. The van der Waals surface area contributed by atoms with Crippen LogP contribution in [0.15, 0.2) is 41.1 Å². The highest BCUT2D eigenvalue weighted by Gasteiger charge is 2.16. The smallest absolute Gasteiger partial charge is 0.226 e. The molecule has 1 atom stereocenters. The van der Waals surface area contributed by atoms with Crippen molar-refractivity contribution in [1.82, 2.24) is 4.90 Å². The molecule has 0 fully saturated rings. The van der Waals surface area contributed by atoms with Gasteiger partial charge in [0.1, 0.15) is 5.75 Å². The maximum atomic E-state index is 12.2. The minimum Gasteiger partial charge on any atom is -0.508 e. The number of hydrogen-bond donors (Lipinski definition) is 1. The standard InChI is InChI=1S/C16H19NO2S/c1-12(8-14-6-7-20-11-14)17(2)16(19)10-13-4-3-5-15(18)9-13/h3-7,9,11-12,18H,8,10H2,1-2H3/t12-/m0/s1. The Morgan fingerprint density at radius 3 is 2.80 bits per heavy atom. The predicted molar refractivity (Wildman–Crippen MR) is 82.1 cm³/mol. The Balaban J connectivity index is 1.94. The highest BCUT2D eigenvalue weighted by molar-refractivity contribution is 7.07. The lowest BCUT2D eigenvalue weighted by Crippen LogP contribution is -2.37. The van der Waals surface area contributed by atoms with Crippen molar-refractivity contribution in [2.75, 3.05) is 7.05 Å². The third-order valence-electron chi connectivity index (χ3n) is 3.43. The van der Waals surface area contributed by atoms with Crippen LogP contribution in [0, 0.1) is 0 Å². The maximum absolute atomic E-state index is 12.2. The van der Waals surface area contributed by atoms with Gasteiger partial charge in [-0.1, -0.05) is 12.1 Å². The Labute approximate surface area is 123 Å². The summed E-state index contributed by atoms with van der Waals surface area (Å²) in [5.74, 6) is 0.266. The topological polar surface area (TPSA) is 40.5 Å². The fourth-order valence-corrected chi connectivity index (χ4v) is 2.78. The van der Waals surface area contributed by atoms with Crippen LogP contribution in [0.25, 0.3) is 0 Å². The van der Waals surface area contributed by atoms with E-state index >= 15 is 0 Å². The summed E-state index contributed by atoms with van der Waals surface area (Å²) >= 11 is 1.67. The molecule has 106 valence electrons. The molecule has 1 aromatic heterocycles. The van der Waals surface area contributed by atoms with Crippen LogP contribution in [0.3, 0.4) is 0 Å². The fraction of sp³-hybridized carbons (Fsp3) is 0.312. The van der Waals surface area contributed by atoms with Gasteiger partial charge in [-0.25, -0.2) is 0 Å². The van der Waals surface area contributed by atoms with Gasteiger partial charge in [-0.3, -0.25) is 4.79 Å². The van der Waals surface area contributed by atoms with Crippen molar-refractivity contribution in [3.05, 3.63) is 52.2 Å². The van der Waals surface area contributed by atoms with Crippen LogP contribution in [-0.2, 0) is 17.6 Å². The van der Waals surface area contributed by atoms with Crippen LogP contribution in [0.1, 0.15) is 18.1 Å². The van der Waals surface area contributed by atoms with E-state index < -0.39 is 0 Å². The lowest BCUT2D eigenvalue weighted by Gasteiger charge is -2.25. The normalized spacial score (nSPS) is 12.1. The minimum absolute atomic E-state index is 0.0679. The lowest BCUT2D eigenvalue weighted by molar-refractivity contribution is -0.130. The molecule has 0 bridgehead atoms. The zero-order valence-corrected chi connectivity index (χ0v) is 12.6. The van der Waals surface area contributed by atoms with Gasteiger partial charge in [0.25, 0.3) is 0 Å². The molecular weight excluding hydrogens is 270 g/mol. The molecule has 2 aromatic rings. The quantitative estimate of drug-likeness (QED) is 0.919. The summed E-state index contributed by atoms with van der Waals surface area (Å²) in [6, 6.07) is 9.11. The van der Waals surface area contributed by atoms with Gasteiger partial charge >= 0.3 is 0 Å². The van der Waals surface area contributed by atoms with Crippen molar-refractivity contribution in [3.63, 3.8) is 0 Å². The van der Waals surface area contributed by atoms with Crippen LogP contribution in [-0.4, -0.2) is 29.0 Å². The highest BCUT2D eigenvalue weighted by atomic mass is 32.1. The molecule has 1 amide bonds. The number of phenols is 1. The van der Waals surface area contributed by atoms with E-state index in [0.29, 0.717) is 6.42 Å². The summed E-state index contributed by atoms with van der Waals surface area (Å²) in [5, 5.41) is 13.6. The second kappa shape index (κ2) is 6.57. The van der Waals surface area contributed by atoms with Gasteiger partial charge in [-0.05, 0) is 53.4 Å². The van der Waals surface area contributed by atoms with Crippen LogP contribution in [0.2, 0.25) is 0 Å². The summed E-state index contributed by atoms with van der Waals surface area (Å²) in [4.78, 5) is 14.0. The molecule has 3 nitrogen and oxygen atoms in total. The number of phenolic OH excluding ortho intramolecular Hbond substituents is 1. The van der Waals surface area contributed by atoms with E-state index in [0.717, 1.165) is 12.0 Å². The van der Waals surface area contributed by atoms with Crippen molar-refractivity contribution in [2.24, 2.45) is 0 Å². The van der Waals surface area contributed by atoms with Gasteiger partial charge in [0.05, 0.1) is 6.42 Å². The van der Waals surface area contributed by atoms with Crippen molar-refractivity contribution >= 4 is 17.2 Å². The van der Waals surface area contributed by atoms with Gasteiger partial charge < -0.3 is 10.0 Å². The molecular formula is C16H19NO2S. The van der Waals surface area contributed by atoms with Crippen molar-refractivity contribution in [3.8, 4) is 5.75 Å². The van der Waals surface area contributed by atoms with E-state index in [2.05, 4.69) is 23.8 Å². The molecule has 0 radical (unpaired) electrons. The van der Waals surface area contributed by atoms with Crippen molar-refractivity contribution in [2.45, 2.75) is 25.8 Å². The Morgan fingerprint density at radius 1 is 1.35 bits per heavy atom. The zero-order valence-electron chi connectivity index (χ0n) is 11.7. The fourth-order valence-electron chi connectivity index (χ4n) is 2.10. The van der Waals surface area contributed by atoms with E-state index in [1.165, 1.54) is 5.56 Å². The summed E-state index contributed by atoms with van der Waals surface area (Å²) in [6.45, 7) is 2.05. The van der Waals surface area contributed by atoms with Gasteiger partial charge in [0, 0.05) is 13.1 Å². The zero-order chi connectivity index (χ0) is 14.5. The number of likely N-dealkylation sites (N-methyl/N-ethyl adjacent to an activating group) is 1. The van der Waals surface area contributed by atoms with Gasteiger partial charge in [-0.15, -0.1) is 0 Å². The first-order chi connectivity index (χ1) is 9.56. The second-order valence-electron chi connectivity index (χ2n) is 5.04. The largest absolute Gasteiger partial charge is 0.508 e. The molecule has 0 aliphatic heterocycles. The van der Waals surface area contributed by atoms with E-state index in [-0.39, 0.29) is 17.7 Å². The molecule has 1 N–H and O–H groups in total. The summed E-state index contributed by atoms with van der Waals surface area (Å²) < 4.78 is 0. The Hall–Kier alpha value is -1.81. The van der Waals surface area contributed by atoms with E-state index in [1.54, 1.807) is 34.4 Å². The molecule has 20 heavy (non-hydrogen) atoms. The Morgan fingerprint density at radius 2 is 2.15 bits per heavy atom. The SMILES string of the molecule is C[C@@H](Cc1ccsc1)N(C)C(=O)Cc1cccc(O)c1. The highest BCUT2D eigenvalue weighted by Crippen LogP contribution is 2.14. The first kappa shape index (κ1) is 14.6. The molecule has 0 saturated heterocycles. The second-order valence-corrected chi connectivity index (χ2v) is 5.82. The Kier molecular flexibility index (Phi) is 4.79. The number of hydrogen-bond acceptors (Lipinski definition) is 3. The molecule has 4 heteroatoms. The molecule has 0 aliphatic carbocycles. The molecule has 0 aliphatic rings. The van der Waals surface area contributed by atoms with E-state index in [1.807, 2.05) is 13.1 Å². The first-order valence-corrected chi connectivity index (χ1v) is 7.55. The van der Waals surface area contributed by atoms with Gasteiger partial charge in [0.2, 0.25) is 5.91 Å². The van der Waals surface area contributed by atoms with Crippen LogP contribution in [0.5, 0.6) is 5.75 Å². The molecule has 2 rings (SSSR count). The molecule has 0 spiro atoms. The van der Waals surface area contributed by atoms with E-state index in [9.17, 15) is 9.90 Å². The molecule has 1 heterocycles. The average molecular weight is 289 g/mol. The van der Waals surface area contributed by atoms with E-state index in [4.69, 9.17) is 0 Å².